The SMILES string of the molecule is C[C@@H]1CN(CC(=O)N2CC(C)(C)c3ncc(Cc4ccc(F)cc4)cc32)[C@@H](CN2CCN(C)C(=O)C2)CN1. The molecular formula is C29H39FN6O2. The van der Waals surface area contributed by atoms with Gasteiger partial charge in [-0.1, -0.05) is 26.0 Å². The Kier molecular flexibility index (Phi) is 7.53. The van der Waals surface area contributed by atoms with Crippen LogP contribution in [-0.2, 0) is 21.4 Å². The summed E-state index contributed by atoms with van der Waals surface area (Å²) in [5, 5.41) is 3.56. The lowest BCUT2D eigenvalue weighted by molar-refractivity contribution is -0.135. The third kappa shape index (κ3) is 5.75. The Hall–Kier alpha value is -2.88. The van der Waals surface area contributed by atoms with Gasteiger partial charge in [0.2, 0.25) is 11.8 Å². The number of carbonyl (C=O) groups excluding carboxylic acids is 2. The van der Waals surface area contributed by atoms with Crippen LogP contribution in [-0.4, -0.2) is 103 Å². The molecule has 0 aliphatic carbocycles. The highest BCUT2D eigenvalue weighted by molar-refractivity contribution is 5.97. The van der Waals surface area contributed by atoms with E-state index in [1.165, 1.54) is 12.1 Å². The number of aromatic nitrogens is 1. The van der Waals surface area contributed by atoms with Gasteiger partial charge in [0.05, 0.1) is 24.5 Å². The summed E-state index contributed by atoms with van der Waals surface area (Å²) in [7, 11) is 1.85. The molecule has 0 spiro atoms. The van der Waals surface area contributed by atoms with Crippen molar-refractivity contribution in [3.05, 3.63) is 59.2 Å². The predicted molar refractivity (Wildman–Crippen MR) is 146 cm³/mol. The van der Waals surface area contributed by atoms with E-state index >= 15 is 0 Å². The number of rotatable bonds is 6. The standard InChI is InChI=1S/C29H39FN6O2/c1-20-15-35(24(14-31-20)16-34-10-9-33(4)26(37)17-34)18-27(38)36-19-29(2,3)28-25(36)12-22(13-32-28)11-21-5-7-23(30)8-6-21/h5-8,12-13,20,24,31H,9-11,14-19H2,1-4H3/t20-,24-/m1/s1. The van der Waals surface area contributed by atoms with E-state index in [1.54, 1.807) is 17.0 Å². The molecule has 2 saturated heterocycles. The molecule has 204 valence electrons. The number of hydrogen-bond donors (Lipinski definition) is 1. The van der Waals surface area contributed by atoms with E-state index < -0.39 is 0 Å². The van der Waals surface area contributed by atoms with Crippen LogP contribution >= 0.6 is 0 Å². The number of carbonyl (C=O) groups is 2. The molecule has 1 aromatic heterocycles. The summed E-state index contributed by atoms with van der Waals surface area (Å²) in [6, 6.07) is 9.04. The number of likely N-dealkylation sites (N-methyl/N-ethyl adjacent to an activating group) is 1. The lowest BCUT2D eigenvalue weighted by atomic mass is 9.91. The minimum atomic E-state index is -0.251. The van der Waals surface area contributed by atoms with Gasteiger partial charge in [-0.05, 0) is 42.7 Å². The van der Waals surface area contributed by atoms with E-state index in [2.05, 4.69) is 42.0 Å². The summed E-state index contributed by atoms with van der Waals surface area (Å²) < 4.78 is 13.4. The van der Waals surface area contributed by atoms with E-state index in [4.69, 9.17) is 4.98 Å². The monoisotopic (exact) mass is 522 g/mol. The van der Waals surface area contributed by atoms with Crippen molar-refractivity contribution in [3.8, 4) is 0 Å². The van der Waals surface area contributed by atoms with Crippen molar-refractivity contribution < 1.29 is 14.0 Å². The van der Waals surface area contributed by atoms with Gasteiger partial charge in [-0.2, -0.15) is 0 Å². The van der Waals surface area contributed by atoms with Gasteiger partial charge >= 0.3 is 0 Å². The van der Waals surface area contributed by atoms with E-state index in [9.17, 15) is 14.0 Å². The number of fused-ring (bicyclic) bond motifs is 1. The Morgan fingerprint density at radius 2 is 1.95 bits per heavy atom. The van der Waals surface area contributed by atoms with Crippen LogP contribution in [0.15, 0.2) is 36.5 Å². The van der Waals surface area contributed by atoms with Gasteiger partial charge in [-0.25, -0.2) is 4.39 Å². The van der Waals surface area contributed by atoms with Crippen LogP contribution in [0.2, 0.25) is 0 Å². The zero-order valence-electron chi connectivity index (χ0n) is 22.9. The molecule has 0 unspecified atom stereocenters. The van der Waals surface area contributed by atoms with E-state index in [1.807, 2.05) is 18.1 Å². The lowest BCUT2D eigenvalue weighted by Gasteiger charge is -2.43. The van der Waals surface area contributed by atoms with Gasteiger partial charge in [0.15, 0.2) is 0 Å². The summed E-state index contributed by atoms with van der Waals surface area (Å²) in [6.07, 6.45) is 2.51. The zero-order valence-corrected chi connectivity index (χ0v) is 22.9. The number of piperazine rings is 2. The van der Waals surface area contributed by atoms with Gasteiger partial charge in [-0.15, -0.1) is 0 Å². The van der Waals surface area contributed by atoms with E-state index in [0.717, 1.165) is 55.2 Å². The molecular weight excluding hydrogens is 483 g/mol. The number of nitrogens with zero attached hydrogens (tertiary/aromatic N) is 5. The first-order valence-corrected chi connectivity index (χ1v) is 13.6. The number of nitrogens with one attached hydrogen (secondary N) is 1. The van der Waals surface area contributed by atoms with Gasteiger partial charge in [0.1, 0.15) is 5.82 Å². The second kappa shape index (κ2) is 10.7. The fourth-order valence-corrected chi connectivity index (χ4v) is 5.86. The van der Waals surface area contributed by atoms with Crippen molar-refractivity contribution in [2.24, 2.45) is 0 Å². The van der Waals surface area contributed by atoms with Crippen molar-refractivity contribution in [1.82, 2.24) is 25.0 Å². The van der Waals surface area contributed by atoms with Crippen molar-refractivity contribution >= 4 is 17.5 Å². The molecule has 4 heterocycles. The largest absolute Gasteiger partial charge is 0.343 e. The Morgan fingerprint density at radius 1 is 1.18 bits per heavy atom. The Morgan fingerprint density at radius 3 is 2.68 bits per heavy atom. The topological polar surface area (TPSA) is 72.0 Å². The molecule has 2 fully saturated rings. The Balaban J connectivity index is 1.31. The van der Waals surface area contributed by atoms with Crippen LogP contribution in [0.5, 0.6) is 0 Å². The highest BCUT2D eigenvalue weighted by Gasteiger charge is 2.41. The number of benzene rings is 1. The average Bonchev–Trinajstić information content (AvgIpc) is 3.14. The zero-order chi connectivity index (χ0) is 27.0. The molecule has 3 aliphatic heterocycles. The van der Waals surface area contributed by atoms with Crippen molar-refractivity contribution in [1.29, 1.82) is 0 Å². The average molecular weight is 523 g/mol. The van der Waals surface area contributed by atoms with Gasteiger partial charge in [-0.3, -0.25) is 24.4 Å². The molecule has 0 bridgehead atoms. The predicted octanol–water partition coefficient (Wildman–Crippen LogP) is 1.87. The molecule has 2 aromatic rings. The number of anilines is 1. The maximum absolute atomic E-state index is 13.8. The fourth-order valence-electron chi connectivity index (χ4n) is 5.86. The second-order valence-electron chi connectivity index (χ2n) is 11.8. The van der Waals surface area contributed by atoms with Crippen LogP contribution in [0.4, 0.5) is 10.1 Å². The lowest BCUT2D eigenvalue weighted by Crippen LogP contribution is -2.62. The summed E-state index contributed by atoms with van der Waals surface area (Å²) in [6.45, 7) is 11.7. The van der Waals surface area contributed by atoms with E-state index in [0.29, 0.717) is 32.1 Å². The molecule has 5 rings (SSSR count). The number of pyridine rings is 1. The molecule has 3 aliphatic rings. The third-order valence-electron chi connectivity index (χ3n) is 8.10. The van der Waals surface area contributed by atoms with Gasteiger partial charge in [0.25, 0.3) is 0 Å². The van der Waals surface area contributed by atoms with E-state index in [-0.39, 0.29) is 29.1 Å². The first kappa shape index (κ1) is 26.7. The Bertz CT molecular complexity index is 1190. The van der Waals surface area contributed by atoms with Crippen molar-refractivity contribution in [2.75, 3.05) is 64.3 Å². The number of hydrogen-bond acceptors (Lipinski definition) is 6. The molecule has 0 saturated carbocycles. The summed E-state index contributed by atoms with van der Waals surface area (Å²) in [4.78, 5) is 39.0. The molecule has 1 N–H and O–H groups in total. The van der Waals surface area contributed by atoms with Crippen LogP contribution in [0.25, 0.3) is 0 Å². The van der Waals surface area contributed by atoms with Crippen LogP contribution in [0.3, 0.4) is 0 Å². The third-order valence-corrected chi connectivity index (χ3v) is 8.10. The minimum Gasteiger partial charge on any atom is -0.343 e. The van der Waals surface area contributed by atoms with Gasteiger partial charge in [0, 0.05) is 70.0 Å². The molecule has 9 heteroatoms. The number of amides is 2. The second-order valence-corrected chi connectivity index (χ2v) is 11.8. The van der Waals surface area contributed by atoms with Crippen molar-refractivity contribution in [2.45, 2.75) is 44.7 Å². The molecule has 0 radical (unpaired) electrons. The molecule has 2 atom stereocenters. The van der Waals surface area contributed by atoms with Crippen LogP contribution < -0.4 is 10.2 Å². The molecule has 8 nitrogen and oxygen atoms in total. The maximum atomic E-state index is 13.8. The quantitative estimate of drug-likeness (QED) is 0.625. The molecule has 1 aromatic carbocycles. The van der Waals surface area contributed by atoms with Crippen LogP contribution in [0.1, 0.15) is 37.6 Å². The first-order chi connectivity index (χ1) is 18.1. The fraction of sp³-hybridized carbons (Fsp3) is 0.552. The molecule has 38 heavy (non-hydrogen) atoms. The summed E-state index contributed by atoms with van der Waals surface area (Å²) >= 11 is 0. The Labute approximate surface area is 224 Å². The first-order valence-electron chi connectivity index (χ1n) is 13.6. The highest BCUT2D eigenvalue weighted by atomic mass is 19.1. The maximum Gasteiger partial charge on any atom is 0.241 e. The van der Waals surface area contributed by atoms with Crippen LogP contribution in [0, 0.1) is 5.82 Å². The summed E-state index contributed by atoms with van der Waals surface area (Å²) in [5.74, 6) is -0.0268. The smallest absolute Gasteiger partial charge is 0.241 e. The normalized spacial score (nSPS) is 24.1. The van der Waals surface area contributed by atoms with Crippen molar-refractivity contribution in [3.63, 3.8) is 0 Å². The van der Waals surface area contributed by atoms with Gasteiger partial charge < -0.3 is 15.1 Å². The summed E-state index contributed by atoms with van der Waals surface area (Å²) in [5.41, 5.74) is 3.58. The highest BCUT2D eigenvalue weighted by Crippen LogP contribution is 2.39. The number of halogens is 1. The molecule has 2 amide bonds. The minimum absolute atomic E-state index is 0.0751.